The molecule has 0 saturated carbocycles. The van der Waals surface area contributed by atoms with Gasteiger partial charge in [0.25, 0.3) is 5.91 Å². The molecule has 2 heterocycles. The molecule has 0 aliphatic carbocycles. The van der Waals surface area contributed by atoms with Gasteiger partial charge < -0.3 is 10.6 Å². The molecule has 2 rings (SSSR count). The van der Waals surface area contributed by atoms with E-state index in [9.17, 15) is 4.79 Å². The molecule has 1 amide bonds. The Bertz CT molecular complexity index is 620. The number of pyridine rings is 1. The number of carbonyl (C=O) groups is 1. The van der Waals surface area contributed by atoms with Gasteiger partial charge in [-0.25, -0.2) is 0 Å². The van der Waals surface area contributed by atoms with Gasteiger partial charge in [0, 0.05) is 31.2 Å². The number of anilines is 2. The fourth-order valence-corrected chi connectivity index (χ4v) is 1.95. The van der Waals surface area contributed by atoms with Gasteiger partial charge in [-0.3, -0.25) is 14.5 Å². The van der Waals surface area contributed by atoms with Crippen LogP contribution in [0.3, 0.4) is 0 Å². The van der Waals surface area contributed by atoms with E-state index >= 15 is 0 Å². The van der Waals surface area contributed by atoms with Crippen molar-refractivity contribution >= 4 is 17.3 Å². The first-order valence-corrected chi connectivity index (χ1v) is 7.18. The summed E-state index contributed by atoms with van der Waals surface area (Å²) in [5.41, 5.74) is 2.91. The summed E-state index contributed by atoms with van der Waals surface area (Å²) in [4.78, 5) is 16.6. The number of aromatic nitrogens is 3. The van der Waals surface area contributed by atoms with Crippen LogP contribution in [0.5, 0.6) is 0 Å². The van der Waals surface area contributed by atoms with E-state index in [1.807, 2.05) is 19.9 Å². The van der Waals surface area contributed by atoms with Crippen molar-refractivity contribution in [2.75, 3.05) is 17.2 Å². The van der Waals surface area contributed by atoms with Crippen molar-refractivity contribution in [2.45, 2.75) is 33.7 Å². The molecule has 0 fully saturated rings. The minimum absolute atomic E-state index is 0.184. The van der Waals surface area contributed by atoms with Crippen molar-refractivity contribution in [3.8, 4) is 0 Å². The molecule has 0 bridgehead atoms. The molecule has 0 aliphatic rings. The maximum atomic E-state index is 12.4. The Hall–Kier alpha value is -2.37. The minimum atomic E-state index is -0.184. The van der Waals surface area contributed by atoms with E-state index < -0.39 is 0 Å². The maximum absolute atomic E-state index is 12.4. The molecule has 0 unspecified atom stereocenters. The Morgan fingerprint density at radius 2 is 2.14 bits per heavy atom. The highest BCUT2D eigenvalue weighted by atomic mass is 16.1. The van der Waals surface area contributed by atoms with Gasteiger partial charge in [0.15, 0.2) is 0 Å². The predicted octanol–water partition coefficient (Wildman–Crippen LogP) is 2.68. The molecule has 0 radical (unpaired) electrons. The van der Waals surface area contributed by atoms with Crippen molar-refractivity contribution in [1.82, 2.24) is 14.8 Å². The van der Waals surface area contributed by atoms with Gasteiger partial charge in [-0.05, 0) is 26.3 Å². The Morgan fingerprint density at radius 3 is 2.81 bits per heavy atom. The van der Waals surface area contributed by atoms with Gasteiger partial charge in [0.1, 0.15) is 0 Å². The summed E-state index contributed by atoms with van der Waals surface area (Å²) < 4.78 is 1.76. The van der Waals surface area contributed by atoms with Crippen molar-refractivity contribution in [3.63, 3.8) is 0 Å². The highest BCUT2D eigenvalue weighted by molar-refractivity contribution is 6.07. The van der Waals surface area contributed by atoms with Crippen LogP contribution in [0.25, 0.3) is 0 Å². The molecule has 0 spiro atoms. The van der Waals surface area contributed by atoms with Gasteiger partial charge in [0.05, 0.1) is 23.1 Å². The first kappa shape index (κ1) is 15.0. The average Bonchev–Trinajstić information content (AvgIpc) is 2.92. The molecule has 21 heavy (non-hydrogen) atoms. The van der Waals surface area contributed by atoms with Crippen molar-refractivity contribution in [1.29, 1.82) is 0 Å². The Labute approximate surface area is 124 Å². The normalized spacial score (nSPS) is 10.4. The van der Waals surface area contributed by atoms with Crippen LogP contribution in [0.1, 0.15) is 36.3 Å². The third-order valence-corrected chi connectivity index (χ3v) is 3.07. The largest absolute Gasteiger partial charge is 0.384 e. The third-order valence-electron chi connectivity index (χ3n) is 3.07. The summed E-state index contributed by atoms with van der Waals surface area (Å²) >= 11 is 0. The standard InChI is InChI=1S/C15H21N5O/c1-4-6-16-14-7-11(3)17-9-13(14)15(21)19-12-8-18-20(5-2)10-12/h7-10H,4-6H2,1-3H3,(H,16,17)(H,19,21). The first-order chi connectivity index (χ1) is 10.1. The Morgan fingerprint density at radius 1 is 1.33 bits per heavy atom. The summed E-state index contributed by atoms with van der Waals surface area (Å²) in [6, 6.07) is 1.89. The van der Waals surface area contributed by atoms with E-state index in [1.54, 1.807) is 23.3 Å². The predicted molar refractivity (Wildman–Crippen MR) is 83.6 cm³/mol. The SMILES string of the molecule is CCCNc1cc(C)ncc1C(=O)Nc1cnn(CC)c1. The topological polar surface area (TPSA) is 71.8 Å². The summed E-state index contributed by atoms with van der Waals surface area (Å²) in [5, 5.41) is 10.3. The fraction of sp³-hybridized carbons (Fsp3) is 0.400. The highest BCUT2D eigenvalue weighted by Gasteiger charge is 2.13. The zero-order valence-electron chi connectivity index (χ0n) is 12.7. The first-order valence-electron chi connectivity index (χ1n) is 7.18. The Balaban J connectivity index is 2.17. The molecule has 112 valence electrons. The van der Waals surface area contributed by atoms with E-state index in [-0.39, 0.29) is 5.91 Å². The molecular formula is C15H21N5O. The van der Waals surface area contributed by atoms with Gasteiger partial charge >= 0.3 is 0 Å². The van der Waals surface area contributed by atoms with Crippen molar-refractivity contribution in [2.24, 2.45) is 0 Å². The minimum Gasteiger partial charge on any atom is -0.384 e. The van der Waals surface area contributed by atoms with E-state index in [0.29, 0.717) is 11.3 Å². The number of amides is 1. The van der Waals surface area contributed by atoms with E-state index in [0.717, 1.165) is 30.9 Å². The second kappa shape index (κ2) is 6.88. The van der Waals surface area contributed by atoms with Crippen LogP contribution in [0.2, 0.25) is 0 Å². The van der Waals surface area contributed by atoms with Gasteiger partial charge in [0.2, 0.25) is 0 Å². The second-order valence-corrected chi connectivity index (χ2v) is 4.84. The van der Waals surface area contributed by atoms with Crippen LogP contribution in [-0.4, -0.2) is 27.2 Å². The lowest BCUT2D eigenvalue weighted by Crippen LogP contribution is -2.15. The molecule has 0 atom stereocenters. The molecule has 0 aromatic carbocycles. The van der Waals surface area contributed by atoms with Crippen molar-refractivity contribution in [3.05, 3.63) is 35.9 Å². The summed E-state index contributed by atoms with van der Waals surface area (Å²) in [6.45, 7) is 7.57. The van der Waals surface area contributed by atoms with Crippen LogP contribution in [0.4, 0.5) is 11.4 Å². The van der Waals surface area contributed by atoms with Gasteiger partial charge in [-0.1, -0.05) is 6.92 Å². The number of nitrogens with one attached hydrogen (secondary N) is 2. The number of hydrogen-bond acceptors (Lipinski definition) is 4. The third kappa shape index (κ3) is 3.81. The monoisotopic (exact) mass is 287 g/mol. The lowest BCUT2D eigenvalue weighted by Gasteiger charge is -2.11. The molecule has 2 aromatic heterocycles. The number of nitrogens with zero attached hydrogens (tertiary/aromatic N) is 3. The zero-order valence-corrected chi connectivity index (χ0v) is 12.7. The fourth-order valence-electron chi connectivity index (χ4n) is 1.95. The van der Waals surface area contributed by atoms with Crippen molar-refractivity contribution < 1.29 is 4.79 Å². The van der Waals surface area contributed by atoms with Crippen LogP contribution < -0.4 is 10.6 Å². The summed E-state index contributed by atoms with van der Waals surface area (Å²) in [6.07, 6.45) is 6.04. The van der Waals surface area contributed by atoms with Crippen LogP contribution in [0, 0.1) is 6.92 Å². The molecule has 2 aromatic rings. The smallest absolute Gasteiger partial charge is 0.259 e. The van der Waals surface area contributed by atoms with E-state index in [4.69, 9.17) is 0 Å². The zero-order chi connectivity index (χ0) is 15.2. The lowest BCUT2D eigenvalue weighted by molar-refractivity contribution is 0.102. The van der Waals surface area contributed by atoms with E-state index in [1.165, 1.54) is 0 Å². The van der Waals surface area contributed by atoms with Crippen LogP contribution in [0.15, 0.2) is 24.7 Å². The molecule has 6 heteroatoms. The highest BCUT2D eigenvalue weighted by Crippen LogP contribution is 2.18. The van der Waals surface area contributed by atoms with Gasteiger partial charge in [-0.2, -0.15) is 5.10 Å². The number of carbonyl (C=O) groups excluding carboxylic acids is 1. The Kier molecular flexibility index (Phi) is 4.92. The molecule has 0 saturated heterocycles. The molecule has 6 nitrogen and oxygen atoms in total. The number of aryl methyl sites for hydroxylation is 2. The average molecular weight is 287 g/mol. The molecule has 2 N–H and O–H groups in total. The second-order valence-electron chi connectivity index (χ2n) is 4.84. The van der Waals surface area contributed by atoms with Crippen LogP contribution >= 0.6 is 0 Å². The maximum Gasteiger partial charge on any atom is 0.259 e. The summed E-state index contributed by atoms with van der Waals surface area (Å²) in [7, 11) is 0. The number of rotatable bonds is 6. The summed E-state index contributed by atoms with van der Waals surface area (Å²) in [5.74, 6) is -0.184. The number of hydrogen-bond donors (Lipinski definition) is 2. The molecular weight excluding hydrogens is 266 g/mol. The van der Waals surface area contributed by atoms with Crippen LogP contribution in [-0.2, 0) is 6.54 Å². The van der Waals surface area contributed by atoms with Gasteiger partial charge in [-0.15, -0.1) is 0 Å². The van der Waals surface area contributed by atoms with E-state index in [2.05, 4.69) is 27.6 Å². The molecule has 0 aliphatic heterocycles. The lowest BCUT2D eigenvalue weighted by atomic mass is 10.2. The quantitative estimate of drug-likeness (QED) is 0.857.